The van der Waals surface area contributed by atoms with Gasteiger partial charge in [0.15, 0.2) is 0 Å². The van der Waals surface area contributed by atoms with Crippen molar-refractivity contribution in [1.29, 1.82) is 0 Å². The van der Waals surface area contributed by atoms with Gasteiger partial charge in [-0.2, -0.15) is 0 Å². The predicted molar refractivity (Wildman–Crippen MR) is 101 cm³/mol. The normalized spacial score (nSPS) is 14.0. The molecular weight excluding hydrogens is 346 g/mol. The second-order valence-corrected chi connectivity index (χ2v) is 6.34. The molecule has 0 bridgehead atoms. The number of methoxy groups -OCH3 is 1. The average molecular weight is 369 g/mol. The third-order valence-corrected chi connectivity index (χ3v) is 4.43. The third kappa shape index (κ3) is 4.52. The van der Waals surface area contributed by atoms with Gasteiger partial charge in [0.05, 0.1) is 7.11 Å². The molecule has 0 saturated carbocycles. The van der Waals surface area contributed by atoms with Crippen LogP contribution < -0.4 is 10.1 Å². The maximum absolute atomic E-state index is 12.8. The van der Waals surface area contributed by atoms with Gasteiger partial charge in [0, 0.05) is 44.9 Å². The van der Waals surface area contributed by atoms with Gasteiger partial charge < -0.3 is 19.9 Å². The Hall–Kier alpha value is -3.16. The molecule has 0 unspecified atom stereocenters. The van der Waals surface area contributed by atoms with Gasteiger partial charge in [-0.3, -0.25) is 9.59 Å². The number of carbonyl (C=O) groups excluding carboxylic acids is 2. The minimum Gasteiger partial charge on any atom is -0.497 e. The van der Waals surface area contributed by atoms with Crippen molar-refractivity contribution in [3.63, 3.8) is 0 Å². The molecule has 2 heterocycles. The first-order chi connectivity index (χ1) is 13.0. The summed E-state index contributed by atoms with van der Waals surface area (Å²) < 4.78 is 5.15. The number of ether oxygens (including phenoxy) is 1. The van der Waals surface area contributed by atoms with Crippen molar-refractivity contribution in [3.8, 4) is 5.75 Å². The Balaban J connectivity index is 1.72. The Labute approximate surface area is 158 Å². The third-order valence-electron chi connectivity index (χ3n) is 4.43. The fourth-order valence-corrected chi connectivity index (χ4v) is 2.95. The lowest BCUT2D eigenvalue weighted by atomic mass is 10.2. The number of amides is 2. The monoisotopic (exact) mass is 369 g/mol. The number of piperazine rings is 1. The first-order valence-corrected chi connectivity index (χ1v) is 8.78. The summed E-state index contributed by atoms with van der Waals surface area (Å²) in [5, 5.41) is 3.19. The number of anilines is 2. The first-order valence-electron chi connectivity index (χ1n) is 8.78. The van der Waals surface area contributed by atoms with Crippen LogP contribution in [0.3, 0.4) is 0 Å². The second-order valence-electron chi connectivity index (χ2n) is 6.34. The topological polar surface area (TPSA) is 87.7 Å². The van der Waals surface area contributed by atoms with E-state index in [4.69, 9.17) is 4.74 Å². The summed E-state index contributed by atoms with van der Waals surface area (Å²) in [5.41, 5.74) is 1.18. The Bertz CT molecular complexity index is 830. The highest BCUT2D eigenvalue weighted by Crippen LogP contribution is 2.20. The predicted octanol–water partition coefficient (Wildman–Crippen LogP) is 1.84. The molecule has 1 aliphatic heterocycles. The summed E-state index contributed by atoms with van der Waals surface area (Å²) in [7, 11) is 1.62. The lowest BCUT2D eigenvalue weighted by Gasteiger charge is -2.34. The van der Waals surface area contributed by atoms with Gasteiger partial charge >= 0.3 is 0 Å². The van der Waals surface area contributed by atoms with Crippen LogP contribution in [-0.4, -0.2) is 64.9 Å². The fourth-order valence-electron chi connectivity index (χ4n) is 2.95. The van der Waals surface area contributed by atoms with Crippen LogP contribution in [0, 0.1) is 6.92 Å². The number of hydrogen-bond donors (Lipinski definition) is 1. The molecule has 1 fully saturated rings. The van der Waals surface area contributed by atoms with E-state index in [1.807, 2.05) is 24.3 Å². The summed E-state index contributed by atoms with van der Waals surface area (Å²) in [5.74, 6) is 1.71. The van der Waals surface area contributed by atoms with Crippen LogP contribution in [0.25, 0.3) is 0 Å². The minimum absolute atomic E-state index is 0.0333. The lowest BCUT2D eigenvalue weighted by molar-refractivity contribution is -0.130. The van der Waals surface area contributed by atoms with Gasteiger partial charge in [-0.1, -0.05) is 0 Å². The molecule has 8 nitrogen and oxygen atoms in total. The van der Waals surface area contributed by atoms with Crippen molar-refractivity contribution in [2.75, 3.05) is 38.6 Å². The molecule has 1 saturated heterocycles. The van der Waals surface area contributed by atoms with E-state index in [9.17, 15) is 9.59 Å². The van der Waals surface area contributed by atoms with Crippen molar-refractivity contribution in [2.24, 2.45) is 0 Å². The zero-order valence-corrected chi connectivity index (χ0v) is 15.7. The summed E-state index contributed by atoms with van der Waals surface area (Å²) in [6.07, 6.45) is 0. The number of carbonyl (C=O) groups is 2. The molecular formula is C19H23N5O3. The number of nitrogens with zero attached hydrogens (tertiary/aromatic N) is 4. The lowest BCUT2D eigenvalue weighted by Crippen LogP contribution is -2.50. The molecule has 3 rings (SSSR count). The SMILES string of the molecule is COc1ccc(Nc2cc(C(=O)N3CCN(C(C)=O)CC3)nc(C)n2)cc1. The van der Waals surface area contributed by atoms with E-state index in [0.29, 0.717) is 43.5 Å². The molecule has 1 N–H and O–H groups in total. The van der Waals surface area contributed by atoms with Crippen molar-refractivity contribution >= 4 is 23.3 Å². The molecule has 0 spiro atoms. The molecule has 0 radical (unpaired) electrons. The summed E-state index contributed by atoms with van der Waals surface area (Å²) in [6.45, 7) is 5.39. The summed E-state index contributed by atoms with van der Waals surface area (Å²) >= 11 is 0. The van der Waals surface area contributed by atoms with Crippen LogP contribution in [-0.2, 0) is 4.79 Å². The summed E-state index contributed by atoms with van der Waals surface area (Å²) in [6, 6.07) is 9.09. The molecule has 27 heavy (non-hydrogen) atoms. The maximum Gasteiger partial charge on any atom is 0.272 e. The molecule has 142 valence electrons. The minimum atomic E-state index is -0.151. The standard InChI is InChI=1S/C19H23N5O3/c1-13-20-17(19(26)24-10-8-23(9-11-24)14(2)25)12-18(21-13)22-15-4-6-16(27-3)7-5-15/h4-7,12H,8-11H2,1-3H3,(H,20,21,22). The van der Waals surface area contributed by atoms with Gasteiger partial charge in [0.1, 0.15) is 23.1 Å². The van der Waals surface area contributed by atoms with E-state index in [1.54, 1.807) is 36.8 Å². The molecule has 2 amide bonds. The van der Waals surface area contributed by atoms with E-state index in [1.165, 1.54) is 0 Å². The molecule has 1 aliphatic rings. The highest BCUT2D eigenvalue weighted by molar-refractivity contribution is 5.93. The Morgan fingerprint density at radius 1 is 1.04 bits per heavy atom. The number of rotatable bonds is 4. The molecule has 8 heteroatoms. The van der Waals surface area contributed by atoms with Gasteiger partial charge in [-0.05, 0) is 31.2 Å². The van der Waals surface area contributed by atoms with E-state index in [2.05, 4.69) is 15.3 Å². The van der Waals surface area contributed by atoms with E-state index in [0.717, 1.165) is 11.4 Å². The van der Waals surface area contributed by atoms with E-state index < -0.39 is 0 Å². The molecule has 0 atom stereocenters. The molecule has 2 aromatic rings. The van der Waals surface area contributed by atoms with E-state index >= 15 is 0 Å². The second kappa shape index (κ2) is 8.03. The number of benzene rings is 1. The first kappa shape index (κ1) is 18.6. The van der Waals surface area contributed by atoms with Crippen molar-refractivity contribution in [2.45, 2.75) is 13.8 Å². The van der Waals surface area contributed by atoms with Crippen LogP contribution in [0.4, 0.5) is 11.5 Å². The molecule has 0 aliphatic carbocycles. The zero-order valence-electron chi connectivity index (χ0n) is 15.7. The van der Waals surface area contributed by atoms with Crippen LogP contribution in [0.5, 0.6) is 5.75 Å². The molecule has 1 aromatic heterocycles. The maximum atomic E-state index is 12.8. The smallest absolute Gasteiger partial charge is 0.272 e. The fraction of sp³-hybridized carbons (Fsp3) is 0.368. The zero-order chi connectivity index (χ0) is 19.4. The Morgan fingerprint density at radius 3 is 2.26 bits per heavy atom. The largest absolute Gasteiger partial charge is 0.497 e. The molecule has 1 aromatic carbocycles. The highest BCUT2D eigenvalue weighted by Gasteiger charge is 2.24. The van der Waals surface area contributed by atoms with E-state index in [-0.39, 0.29) is 11.8 Å². The summed E-state index contributed by atoms with van der Waals surface area (Å²) in [4.78, 5) is 36.3. The number of aromatic nitrogens is 2. The van der Waals surface area contributed by atoms with Gasteiger partial charge in [0.2, 0.25) is 5.91 Å². The Morgan fingerprint density at radius 2 is 1.67 bits per heavy atom. The number of hydrogen-bond acceptors (Lipinski definition) is 6. The highest BCUT2D eigenvalue weighted by atomic mass is 16.5. The van der Waals surface area contributed by atoms with Gasteiger partial charge in [-0.25, -0.2) is 9.97 Å². The quantitative estimate of drug-likeness (QED) is 0.885. The number of aryl methyl sites for hydroxylation is 1. The van der Waals surface area contributed by atoms with Crippen LogP contribution in [0.1, 0.15) is 23.2 Å². The van der Waals surface area contributed by atoms with Crippen LogP contribution in [0.15, 0.2) is 30.3 Å². The van der Waals surface area contributed by atoms with Gasteiger partial charge in [-0.15, -0.1) is 0 Å². The van der Waals surface area contributed by atoms with Crippen LogP contribution >= 0.6 is 0 Å². The van der Waals surface area contributed by atoms with Crippen LogP contribution in [0.2, 0.25) is 0 Å². The Kier molecular flexibility index (Phi) is 5.54. The van der Waals surface area contributed by atoms with Crippen molar-refractivity contribution < 1.29 is 14.3 Å². The average Bonchev–Trinajstić information content (AvgIpc) is 2.67. The van der Waals surface area contributed by atoms with Crippen molar-refractivity contribution in [1.82, 2.24) is 19.8 Å². The van der Waals surface area contributed by atoms with Gasteiger partial charge in [0.25, 0.3) is 5.91 Å². The number of nitrogens with one attached hydrogen (secondary N) is 1. The van der Waals surface area contributed by atoms with Crippen molar-refractivity contribution in [3.05, 3.63) is 41.9 Å².